The maximum atomic E-state index is 4.70. The normalized spacial score (nSPS) is 11.8. The van der Waals surface area contributed by atoms with E-state index < -0.39 is 0 Å². The van der Waals surface area contributed by atoms with Crippen LogP contribution in [0.3, 0.4) is 0 Å². The SMILES string of the molecule is CCCCCCCCc1cc(N=NC=Cc2cc(CCCC)c(CC)c(CCCC)c2)cc(CC)c1CCCC. The van der Waals surface area contributed by atoms with E-state index in [1.807, 2.05) is 6.20 Å². The first-order valence-electron chi connectivity index (χ1n) is 17.0. The van der Waals surface area contributed by atoms with Crippen molar-refractivity contribution in [2.75, 3.05) is 0 Å². The summed E-state index contributed by atoms with van der Waals surface area (Å²) >= 11 is 0. The van der Waals surface area contributed by atoms with Crippen LogP contribution in [0.4, 0.5) is 5.69 Å². The molecule has 2 aromatic rings. The largest absolute Gasteiger partial charge is 0.159 e. The summed E-state index contributed by atoms with van der Waals surface area (Å²) in [6.45, 7) is 13.7. The summed E-state index contributed by atoms with van der Waals surface area (Å²) in [7, 11) is 0. The molecule has 2 aromatic carbocycles. The first-order chi connectivity index (χ1) is 19.6. The van der Waals surface area contributed by atoms with Crippen LogP contribution in [-0.2, 0) is 38.5 Å². The highest BCUT2D eigenvalue weighted by Crippen LogP contribution is 2.28. The van der Waals surface area contributed by atoms with Crippen molar-refractivity contribution in [1.29, 1.82) is 0 Å². The smallest absolute Gasteiger partial charge is 0.0862 e. The molecule has 0 unspecified atom stereocenters. The van der Waals surface area contributed by atoms with Gasteiger partial charge in [0.05, 0.1) is 11.9 Å². The molecule has 0 aliphatic heterocycles. The number of hydrogen-bond donors (Lipinski definition) is 0. The molecule has 0 spiro atoms. The van der Waals surface area contributed by atoms with E-state index >= 15 is 0 Å². The zero-order valence-electron chi connectivity index (χ0n) is 27.1. The maximum absolute atomic E-state index is 4.70. The van der Waals surface area contributed by atoms with Gasteiger partial charge in [-0.25, -0.2) is 0 Å². The zero-order valence-corrected chi connectivity index (χ0v) is 27.1. The van der Waals surface area contributed by atoms with Gasteiger partial charge in [0.1, 0.15) is 0 Å². The van der Waals surface area contributed by atoms with E-state index in [1.54, 1.807) is 11.1 Å². The Morgan fingerprint density at radius 2 is 1.02 bits per heavy atom. The fraction of sp³-hybridized carbons (Fsp3) is 0.632. The molecule has 0 saturated carbocycles. The predicted octanol–water partition coefficient (Wildman–Crippen LogP) is 12.5. The molecule has 222 valence electrons. The van der Waals surface area contributed by atoms with Crippen molar-refractivity contribution in [3.63, 3.8) is 0 Å². The lowest BCUT2D eigenvalue weighted by molar-refractivity contribution is 0.606. The molecule has 0 atom stereocenters. The van der Waals surface area contributed by atoms with Crippen LogP contribution in [0.15, 0.2) is 40.7 Å². The Hall–Kier alpha value is -2.22. The summed E-state index contributed by atoms with van der Waals surface area (Å²) in [5.74, 6) is 0. The quantitative estimate of drug-likeness (QED) is 0.110. The first-order valence-corrected chi connectivity index (χ1v) is 17.0. The van der Waals surface area contributed by atoms with Gasteiger partial charge in [0.15, 0.2) is 0 Å². The Labute approximate surface area is 248 Å². The lowest BCUT2D eigenvalue weighted by Gasteiger charge is -2.15. The predicted molar refractivity (Wildman–Crippen MR) is 178 cm³/mol. The van der Waals surface area contributed by atoms with Gasteiger partial charge in [-0.2, -0.15) is 10.2 Å². The van der Waals surface area contributed by atoms with Crippen molar-refractivity contribution in [2.45, 2.75) is 157 Å². The molecule has 0 heterocycles. The summed E-state index contributed by atoms with van der Waals surface area (Å²) in [4.78, 5) is 0. The van der Waals surface area contributed by atoms with E-state index in [-0.39, 0.29) is 0 Å². The molecule has 2 rings (SSSR count). The van der Waals surface area contributed by atoms with Crippen molar-refractivity contribution < 1.29 is 0 Å². The minimum Gasteiger partial charge on any atom is -0.159 e. The molecule has 0 saturated heterocycles. The fourth-order valence-corrected chi connectivity index (χ4v) is 5.92. The third-order valence-electron chi connectivity index (χ3n) is 8.30. The van der Waals surface area contributed by atoms with Crippen LogP contribution in [0.25, 0.3) is 6.08 Å². The second kappa shape index (κ2) is 20.6. The number of unbranched alkanes of at least 4 members (excludes halogenated alkanes) is 8. The Morgan fingerprint density at radius 3 is 1.62 bits per heavy atom. The summed E-state index contributed by atoms with van der Waals surface area (Å²) < 4.78 is 0. The van der Waals surface area contributed by atoms with Gasteiger partial charge in [0.2, 0.25) is 0 Å². The molecule has 2 heteroatoms. The molecule has 0 aliphatic rings. The van der Waals surface area contributed by atoms with Crippen molar-refractivity contribution >= 4 is 11.8 Å². The molecule has 0 N–H and O–H groups in total. The average Bonchev–Trinajstić information content (AvgIpc) is 2.97. The summed E-state index contributed by atoms with van der Waals surface area (Å²) in [5.41, 5.74) is 11.5. The molecular weight excluding hydrogens is 484 g/mol. The highest BCUT2D eigenvalue weighted by molar-refractivity contribution is 5.55. The molecule has 0 aromatic heterocycles. The monoisotopic (exact) mass is 544 g/mol. The number of nitrogens with zero attached hydrogens (tertiary/aromatic N) is 2. The lowest BCUT2D eigenvalue weighted by Crippen LogP contribution is -2.01. The van der Waals surface area contributed by atoms with E-state index in [4.69, 9.17) is 5.11 Å². The minimum absolute atomic E-state index is 1.01. The number of azo groups is 1. The molecule has 0 bridgehead atoms. The molecule has 2 nitrogen and oxygen atoms in total. The third-order valence-corrected chi connectivity index (χ3v) is 8.30. The average molecular weight is 545 g/mol. The first kappa shape index (κ1) is 34.0. The number of rotatable bonds is 21. The summed E-state index contributed by atoms with van der Waals surface area (Å²) in [6.07, 6.45) is 26.5. The summed E-state index contributed by atoms with van der Waals surface area (Å²) in [5, 5.41) is 9.24. The van der Waals surface area contributed by atoms with Crippen molar-refractivity contribution in [1.82, 2.24) is 0 Å². The zero-order chi connectivity index (χ0) is 29.0. The standard InChI is InChI=1S/C38H60N2/c1-7-13-17-18-19-20-23-35-30-36(29-32(11-5)38(35)24-16-10-4)40-39-26-25-31-27-33(21-14-8-2)37(12-6)34(28-31)22-15-9-3/h25-30H,7-24H2,1-6H3. The molecular formula is C38H60N2. The van der Waals surface area contributed by atoms with Crippen LogP contribution in [-0.4, -0.2) is 0 Å². The Balaban J connectivity index is 2.25. The minimum atomic E-state index is 1.01. The third kappa shape index (κ3) is 11.7. The van der Waals surface area contributed by atoms with Gasteiger partial charge < -0.3 is 0 Å². The Bertz CT molecular complexity index is 1000. The van der Waals surface area contributed by atoms with Gasteiger partial charge in [-0.3, -0.25) is 0 Å². The topological polar surface area (TPSA) is 24.7 Å². The van der Waals surface area contributed by atoms with Gasteiger partial charge in [-0.1, -0.05) is 105 Å². The Morgan fingerprint density at radius 1 is 0.500 bits per heavy atom. The van der Waals surface area contributed by atoms with Gasteiger partial charge >= 0.3 is 0 Å². The molecule has 0 radical (unpaired) electrons. The molecule has 0 amide bonds. The second-order valence-corrected chi connectivity index (χ2v) is 11.6. The van der Waals surface area contributed by atoms with E-state index in [1.165, 1.54) is 131 Å². The van der Waals surface area contributed by atoms with Gasteiger partial charge in [-0.15, -0.1) is 0 Å². The highest BCUT2D eigenvalue weighted by Gasteiger charge is 2.11. The van der Waals surface area contributed by atoms with E-state index in [0.29, 0.717) is 0 Å². The highest BCUT2D eigenvalue weighted by atomic mass is 15.1. The second-order valence-electron chi connectivity index (χ2n) is 11.6. The van der Waals surface area contributed by atoms with E-state index in [2.05, 4.69) is 77.0 Å². The molecule has 40 heavy (non-hydrogen) atoms. The van der Waals surface area contributed by atoms with Gasteiger partial charge in [0.25, 0.3) is 0 Å². The van der Waals surface area contributed by atoms with E-state index in [0.717, 1.165) is 18.5 Å². The number of aryl methyl sites for hydroxylation is 4. The van der Waals surface area contributed by atoms with Crippen LogP contribution in [0.1, 0.15) is 158 Å². The van der Waals surface area contributed by atoms with Gasteiger partial charge in [-0.05, 0) is 121 Å². The van der Waals surface area contributed by atoms with Gasteiger partial charge in [0, 0.05) is 0 Å². The van der Waals surface area contributed by atoms with Crippen molar-refractivity contribution in [3.8, 4) is 0 Å². The Kier molecular flexibility index (Phi) is 17.5. The van der Waals surface area contributed by atoms with Crippen LogP contribution >= 0.6 is 0 Å². The van der Waals surface area contributed by atoms with Crippen LogP contribution < -0.4 is 0 Å². The fourth-order valence-electron chi connectivity index (χ4n) is 5.92. The number of benzene rings is 2. The lowest BCUT2D eigenvalue weighted by atomic mass is 9.90. The van der Waals surface area contributed by atoms with Crippen LogP contribution in [0.5, 0.6) is 0 Å². The molecule has 0 fully saturated rings. The van der Waals surface area contributed by atoms with E-state index in [9.17, 15) is 0 Å². The summed E-state index contributed by atoms with van der Waals surface area (Å²) in [6, 6.07) is 9.41. The number of hydrogen-bond acceptors (Lipinski definition) is 2. The molecule has 0 aliphatic carbocycles. The van der Waals surface area contributed by atoms with Crippen molar-refractivity contribution in [3.05, 3.63) is 69.4 Å². The van der Waals surface area contributed by atoms with Crippen LogP contribution in [0, 0.1) is 0 Å². The van der Waals surface area contributed by atoms with Crippen molar-refractivity contribution in [2.24, 2.45) is 10.2 Å². The van der Waals surface area contributed by atoms with Crippen LogP contribution in [0.2, 0.25) is 0 Å². The maximum Gasteiger partial charge on any atom is 0.0862 e.